The second kappa shape index (κ2) is 6.92. The van der Waals surface area contributed by atoms with Gasteiger partial charge in [-0.05, 0) is 38.0 Å². The van der Waals surface area contributed by atoms with Crippen molar-refractivity contribution in [2.45, 2.75) is 57.8 Å². The minimum Gasteiger partial charge on any atom is -0.497 e. The molecule has 25 heavy (non-hydrogen) atoms. The first-order chi connectivity index (χ1) is 11.9. The van der Waals surface area contributed by atoms with Gasteiger partial charge in [0.1, 0.15) is 18.0 Å². The molecule has 0 aromatic heterocycles. The average Bonchev–Trinajstić information content (AvgIpc) is 2.99. The van der Waals surface area contributed by atoms with E-state index in [1.54, 1.807) is 12.0 Å². The zero-order valence-electron chi connectivity index (χ0n) is 15.2. The number of hydrogen-bond donors (Lipinski definition) is 0. The third kappa shape index (κ3) is 3.37. The summed E-state index contributed by atoms with van der Waals surface area (Å²) in [6.45, 7) is 6.12. The van der Waals surface area contributed by atoms with E-state index in [2.05, 4.69) is 0 Å². The van der Waals surface area contributed by atoms with Gasteiger partial charge >= 0.3 is 0 Å². The first-order valence-electron chi connectivity index (χ1n) is 8.78. The summed E-state index contributed by atoms with van der Waals surface area (Å²) in [5, 5.41) is 0. The average molecular weight is 351 g/mol. The molecular weight excluding hydrogens is 325 g/mol. The summed E-state index contributed by atoms with van der Waals surface area (Å²) >= 11 is 0. The van der Waals surface area contributed by atoms with Gasteiger partial charge in [-0.3, -0.25) is 4.79 Å². The van der Waals surface area contributed by atoms with Crippen molar-refractivity contribution in [1.82, 2.24) is 4.90 Å². The maximum atomic E-state index is 14.0. The number of β-lactam (4-membered cyclic amide) rings is 1. The lowest BCUT2D eigenvalue weighted by atomic mass is 9.80. The van der Waals surface area contributed by atoms with E-state index >= 15 is 0 Å². The van der Waals surface area contributed by atoms with Gasteiger partial charge in [-0.15, -0.1) is 0 Å². The third-order valence-corrected chi connectivity index (χ3v) is 5.28. The Kier molecular flexibility index (Phi) is 5.02. The number of nitrogens with zero attached hydrogens (tertiary/aromatic N) is 1. The number of likely N-dealkylation sites (tertiary alicyclic amines) is 1. The van der Waals surface area contributed by atoms with Crippen molar-refractivity contribution in [3.63, 3.8) is 0 Å². The van der Waals surface area contributed by atoms with E-state index in [-0.39, 0.29) is 18.1 Å². The summed E-state index contributed by atoms with van der Waals surface area (Å²) in [6, 6.07) is 7.23. The normalized spacial score (nSPS) is 33.2. The third-order valence-electron chi connectivity index (χ3n) is 5.28. The van der Waals surface area contributed by atoms with Gasteiger partial charge in [-0.1, -0.05) is 19.1 Å². The fourth-order valence-corrected chi connectivity index (χ4v) is 3.61. The molecule has 1 aromatic carbocycles. The van der Waals surface area contributed by atoms with Gasteiger partial charge < -0.3 is 19.1 Å². The van der Waals surface area contributed by atoms with Crippen LogP contribution in [0, 0.1) is 5.92 Å². The number of methoxy groups -OCH3 is 1. The number of ether oxygens (including phenoxy) is 3. The molecule has 0 aliphatic carbocycles. The van der Waals surface area contributed by atoms with Crippen LogP contribution in [0.3, 0.4) is 0 Å². The molecule has 2 heterocycles. The topological polar surface area (TPSA) is 48.0 Å². The monoisotopic (exact) mass is 351 g/mol. The molecule has 5 atom stereocenters. The summed E-state index contributed by atoms with van der Waals surface area (Å²) in [7, 11) is 1.61. The summed E-state index contributed by atoms with van der Waals surface area (Å²) in [6.07, 6.45) is -0.802. The fraction of sp³-hybridized carbons (Fsp3) is 0.632. The molecule has 5 nitrogen and oxygen atoms in total. The molecule has 2 fully saturated rings. The lowest BCUT2D eigenvalue weighted by Crippen LogP contribution is -2.67. The highest BCUT2D eigenvalue weighted by molar-refractivity contribution is 5.87. The lowest BCUT2D eigenvalue weighted by molar-refractivity contribution is -0.190. The van der Waals surface area contributed by atoms with Crippen LogP contribution in [-0.2, 0) is 20.8 Å². The number of halogens is 1. The molecule has 2 saturated heterocycles. The van der Waals surface area contributed by atoms with Gasteiger partial charge in [-0.2, -0.15) is 0 Å². The number of carbonyl (C=O) groups is 1. The van der Waals surface area contributed by atoms with Crippen molar-refractivity contribution >= 4 is 5.91 Å². The predicted molar refractivity (Wildman–Crippen MR) is 90.9 cm³/mol. The molecule has 1 amide bonds. The van der Waals surface area contributed by atoms with E-state index in [9.17, 15) is 9.18 Å². The molecule has 3 rings (SSSR count). The zero-order valence-corrected chi connectivity index (χ0v) is 15.2. The number of hydrogen-bond acceptors (Lipinski definition) is 4. The van der Waals surface area contributed by atoms with Crippen molar-refractivity contribution in [2.24, 2.45) is 5.92 Å². The number of amides is 1. The number of benzene rings is 1. The van der Waals surface area contributed by atoms with Crippen molar-refractivity contribution < 1.29 is 23.4 Å². The minimum absolute atomic E-state index is 0.162. The zero-order chi connectivity index (χ0) is 18.2. The highest BCUT2D eigenvalue weighted by Gasteiger charge is 2.56. The fourth-order valence-electron chi connectivity index (χ4n) is 3.61. The minimum atomic E-state index is -1.21. The van der Waals surface area contributed by atoms with E-state index in [0.29, 0.717) is 19.6 Å². The summed E-state index contributed by atoms with van der Waals surface area (Å²) in [5.41, 5.74) is 0.973. The van der Waals surface area contributed by atoms with Crippen molar-refractivity contribution in [3.05, 3.63) is 29.8 Å². The number of rotatable bonds is 6. The van der Waals surface area contributed by atoms with Gasteiger partial charge in [0.15, 0.2) is 5.79 Å². The molecule has 138 valence electrons. The van der Waals surface area contributed by atoms with Gasteiger partial charge in [0, 0.05) is 6.54 Å². The van der Waals surface area contributed by atoms with Gasteiger partial charge in [-0.25, -0.2) is 4.39 Å². The molecule has 0 radical (unpaired) electrons. The lowest BCUT2D eigenvalue weighted by Gasteiger charge is -2.50. The second-order valence-electron chi connectivity index (χ2n) is 6.96. The summed E-state index contributed by atoms with van der Waals surface area (Å²) < 4.78 is 31.0. The first-order valence-corrected chi connectivity index (χ1v) is 8.78. The van der Waals surface area contributed by atoms with Crippen LogP contribution in [0.25, 0.3) is 0 Å². The second-order valence-corrected chi connectivity index (χ2v) is 6.96. The van der Waals surface area contributed by atoms with Gasteiger partial charge in [0.25, 0.3) is 0 Å². The van der Waals surface area contributed by atoms with E-state index in [4.69, 9.17) is 14.2 Å². The van der Waals surface area contributed by atoms with E-state index < -0.39 is 17.9 Å². The van der Waals surface area contributed by atoms with Crippen molar-refractivity contribution in [2.75, 3.05) is 13.7 Å². The Morgan fingerprint density at radius 2 is 2.08 bits per heavy atom. The van der Waals surface area contributed by atoms with E-state index in [1.165, 1.54) is 6.92 Å². The maximum Gasteiger partial charge on any atom is 0.231 e. The highest BCUT2D eigenvalue weighted by Crippen LogP contribution is 2.40. The molecule has 0 spiro atoms. The Morgan fingerprint density at radius 1 is 1.40 bits per heavy atom. The molecule has 0 bridgehead atoms. The maximum absolute atomic E-state index is 14.0. The standard InChI is InChI=1S/C19H26FNO4/c1-5-19(3)24-11-15(25-19)17-16(12(2)20)18(22)21(17)10-13-6-8-14(23-4)9-7-13/h6-9,12,15-17H,5,10-11H2,1-4H3/t12-,15-,16-,17-,19+/m1/s1. The SMILES string of the molecule is CC[C@@]1(C)OC[C@H]([C@@H]2[C@@H]([C@@H](C)F)C(=O)N2Cc2ccc(OC)cc2)O1. The number of alkyl halides is 1. The van der Waals surface area contributed by atoms with E-state index in [1.807, 2.05) is 38.1 Å². The summed E-state index contributed by atoms with van der Waals surface area (Å²) in [4.78, 5) is 14.2. The Labute approximate surface area is 148 Å². The summed E-state index contributed by atoms with van der Waals surface area (Å²) in [5.74, 6) is -0.716. The van der Waals surface area contributed by atoms with Gasteiger partial charge in [0.2, 0.25) is 5.91 Å². The molecule has 6 heteroatoms. The molecule has 2 aliphatic heterocycles. The molecule has 0 saturated carbocycles. The van der Waals surface area contributed by atoms with Crippen LogP contribution in [-0.4, -0.2) is 48.6 Å². The molecule has 1 aromatic rings. The molecular formula is C19H26FNO4. The van der Waals surface area contributed by atoms with Crippen LogP contribution in [0.15, 0.2) is 24.3 Å². The van der Waals surface area contributed by atoms with Crippen molar-refractivity contribution in [1.29, 1.82) is 0 Å². The largest absolute Gasteiger partial charge is 0.497 e. The van der Waals surface area contributed by atoms with Crippen LogP contribution >= 0.6 is 0 Å². The Morgan fingerprint density at radius 3 is 2.60 bits per heavy atom. The molecule has 0 N–H and O–H groups in total. The van der Waals surface area contributed by atoms with E-state index in [0.717, 1.165) is 11.3 Å². The van der Waals surface area contributed by atoms with Crippen LogP contribution < -0.4 is 4.74 Å². The van der Waals surface area contributed by atoms with Crippen LogP contribution in [0.5, 0.6) is 5.75 Å². The Hall–Kier alpha value is -1.66. The smallest absolute Gasteiger partial charge is 0.231 e. The van der Waals surface area contributed by atoms with Gasteiger partial charge in [0.05, 0.1) is 25.7 Å². The Balaban J connectivity index is 1.76. The Bertz CT molecular complexity index is 620. The molecule has 2 aliphatic rings. The van der Waals surface area contributed by atoms with Crippen LogP contribution in [0.2, 0.25) is 0 Å². The highest BCUT2D eigenvalue weighted by atomic mass is 19.1. The van der Waals surface area contributed by atoms with Crippen LogP contribution in [0.1, 0.15) is 32.8 Å². The predicted octanol–water partition coefficient (Wildman–Crippen LogP) is 2.92. The van der Waals surface area contributed by atoms with Crippen molar-refractivity contribution in [3.8, 4) is 5.75 Å². The molecule has 0 unspecified atom stereocenters. The van der Waals surface area contributed by atoms with Crippen LogP contribution in [0.4, 0.5) is 4.39 Å². The number of carbonyl (C=O) groups excluding carboxylic acids is 1. The first kappa shape index (κ1) is 18.1. The quantitative estimate of drug-likeness (QED) is 0.740.